The number of hydrogen-bond donors (Lipinski definition) is 4. The molecule has 2 aromatic carbocycles. The zero-order chi connectivity index (χ0) is 22.7. The molecule has 1 aromatic heterocycles. The largest absolute Gasteiger partial charge is 0.465 e. The monoisotopic (exact) mass is 440 g/mol. The van der Waals surface area contributed by atoms with Gasteiger partial charge in [-0.2, -0.15) is 0 Å². The van der Waals surface area contributed by atoms with Crippen molar-refractivity contribution in [2.75, 3.05) is 30.7 Å². The van der Waals surface area contributed by atoms with Crippen molar-refractivity contribution in [1.29, 1.82) is 0 Å². The summed E-state index contributed by atoms with van der Waals surface area (Å²) in [5.41, 5.74) is 9.25. The molecule has 2 heterocycles. The van der Waals surface area contributed by atoms with Crippen LogP contribution in [0.2, 0.25) is 0 Å². The summed E-state index contributed by atoms with van der Waals surface area (Å²) >= 11 is 0. The first-order valence-electron chi connectivity index (χ1n) is 10.2. The van der Waals surface area contributed by atoms with Crippen molar-refractivity contribution >= 4 is 34.5 Å². The highest BCUT2D eigenvalue weighted by Crippen LogP contribution is 2.29. The standard InChI is InChI=1S/C22H24N4O6/c23-15-9-14(11-27)20-18(10-15)25-21(32-20)13-1-3-16(4-2-13)24-19(28)12-31-17-5-7-26(8-6-17)22(29)30/h1-4,9-10,17,27H,5-8,11-12,23H2,(H,24,28)(H,29,30). The van der Waals surface area contributed by atoms with Crippen molar-refractivity contribution in [2.45, 2.75) is 25.6 Å². The number of carboxylic acid groups (broad SMARTS) is 1. The summed E-state index contributed by atoms with van der Waals surface area (Å²) in [7, 11) is 0. The van der Waals surface area contributed by atoms with E-state index < -0.39 is 6.09 Å². The number of anilines is 2. The zero-order valence-electron chi connectivity index (χ0n) is 17.3. The van der Waals surface area contributed by atoms with Crippen molar-refractivity contribution in [3.63, 3.8) is 0 Å². The Morgan fingerprint density at radius 3 is 2.59 bits per heavy atom. The van der Waals surface area contributed by atoms with Gasteiger partial charge in [0, 0.05) is 35.6 Å². The molecule has 4 rings (SSSR count). The van der Waals surface area contributed by atoms with E-state index in [9.17, 15) is 14.7 Å². The van der Waals surface area contributed by atoms with Crippen LogP contribution < -0.4 is 11.1 Å². The number of nitrogens with two attached hydrogens (primary N) is 1. The van der Waals surface area contributed by atoms with Gasteiger partial charge in [-0.1, -0.05) is 0 Å². The van der Waals surface area contributed by atoms with Gasteiger partial charge in [0.2, 0.25) is 11.8 Å². The third kappa shape index (κ3) is 4.82. The fourth-order valence-electron chi connectivity index (χ4n) is 3.67. The van der Waals surface area contributed by atoms with Gasteiger partial charge >= 0.3 is 6.09 Å². The summed E-state index contributed by atoms with van der Waals surface area (Å²) in [6, 6.07) is 10.3. The zero-order valence-corrected chi connectivity index (χ0v) is 17.3. The summed E-state index contributed by atoms with van der Waals surface area (Å²) in [5.74, 6) is 0.0950. The van der Waals surface area contributed by atoms with E-state index in [0.29, 0.717) is 65.4 Å². The molecule has 1 saturated heterocycles. The van der Waals surface area contributed by atoms with E-state index in [-0.39, 0.29) is 25.2 Å². The molecule has 0 saturated carbocycles. The number of rotatable bonds is 6. The maximum absolute atomic E-state index is 12.2. The van der Waals surface area contributed by atoms with Crippen LogP contribution in [0, 0.1) is 0 Å². The Hall–Kier alpha value is -3.63. The van der Waals surface area contributed by atoms with E-state index in [0.717, 1.165) is 0 Å². The highest BCUT2D eigenvalue weighted by molar-refractivity contribution is 5.92. The first-order chi connectivity index (χ1) is 15.4. The molecule has 0 spiro atoms. The Balaban J connectivity index is 1.33. The maximum Gasteiger partial charge on any atom is 0.407 e. The van der Waals surface area contributed by atoms with Crippen molar-refractivity contribution in [1.82, 2.24) is 9.88 Å². The van der Waals surface area contributed by atoms with Crippen molar-refractivity contribution < 1.29 is 29.0 Å². The number of ether oxygens (including phenoxy) is 1. The number of aromatic nitrogens is 1. The molecular weight excluding hydrogens is 416 g/mol. The van der Waals surface area contributed by atoms with Crippen LogP contribution in [0.5, 0.6) is 0 Å². The summed E-state index contributed by atoms with van der Waals surface area (Å²) < 4.78 is 11.4. The number of aliphatic hydroxyl groups excluding tert-OH is 1. The Morgan fingerprint density at radius 2 is 1.94 bits per heavy atom. The number of likely N-dealkylation sites (tertiary alicyclic amines) is 1. The Morgan fingerprint density at radius 1 is 1.22 bits per heavy atom. The van der Waals surface area contributed by atoms with E-state index in [1.807, 2.05) is 0 Å². The van der Waals surface area contributed by atoms with Gasteiger partial charge in [0.15, 0.2) is 5.58 Å². The van der Waals surface area contributed by atoms with Crippen LogP contribution in [0.1, 0.15) is 18.4 Å². The average Bonchev–Trinajstić information content (AvgIpc) is 3.22. The molecule has 1 fully saturated rings. The van der Waals surface area contributed by atoms with Gasteiger partial charge in [0.1, 0.15) is 12.1 Å². The number of amides is 2. The minimum atomic E-state index is -0.930. The third-order valence-electron chi connectivity index (χ3n) is 5.34. The lowest BCUT2D eigenvalue weighted by atomic mass is 10.1. The van der Waals surface area contributed by atoms with Crippen molar-refractivity contribution in [2.24, 2.45) is 0 Å². The van der Waals surface area contributed by atoms with Gasteiger partial charge < -0.3 is 35.3 Å². The van der Waals surface area contributed by atoms with Gasteiger partial charge in [-0.25, -0.2) is 9.78 Å². The number of oxazole rings is 1. The second-order valence-electron chi connectivity index (χ2n) is 7.61. The van der Waals surface area contributed by atoms with Crippen molar-refractivity contribution in [3.8, 4) is 11.5 Å². The number of carbonyl (C=O) groups is 2. The van der Waals surface area contributed by atoms with Gasteiger partial charge in [-0.3, -0.25) is 4.79 Å². The molecule has 3 aromatic rings. The minimum Gasteiger partial charge on any atom is -0.465 e. The number of benzene rings is 2. The summed E-state index contributed by atoms with van der Waals surface area (Å²) in [6.45, 7) is 0.508. The van der Waals surface area contributed by atoms with E-state index in [1.165, 1.54) is 4.90 Å². The lowest BCUT2D eigenvalue weighted by Crippen LogP contribution is -2.40. The van der Waals surface area contributed by atoms with Crippen LogP contribution in [0.15, 0.2) is 40.8 Å². The molecule has 5 N–H and O–H groups in total. The topological polar surface area (TPSA) is 151 Å². The lowest BCUT2D eigenvalue weighted by molar-refractivity contribution is -0.123. The predicted octanol–water partition coefficient (Wildman–Crippen LogP) is 2.67. The summed E-state index contributed by atoms with van der Waals surface area (Å²) in [4.78, 5) is 28.9. The number of nitrogens with zero attached hydrogens (tertiary/aromatic N) is 2. The van der Waals surface area contributed by atoms with E-state index in [4.69, 9.17) is 20.0 Å². The number of aliphatic hydroxyl groups is 1. The van der Waals surface area contributed by atoms with Gasteiger partial charge in [0.05, 0.1) is 12.7 Å². The Kier molecular flexibility index (Phi) is 6.24. The van der Waals surface area contributed by atoms with Crippen LogP contribution in [0.3, 0.4) is 0 Å². The van der Waals surface area contributed by atoms with Crippen LogP contribution >= 0.6 is 0 Å². The normalized spacial score (nSPS) is 14.6. The first kappa shape index (κ1) is 21.6. The predicted molar refractivity (Wildman–Crippen MR) is 117 cm³/mol. The van der Waals surface area contributed by atoms with Crippen LogP contribution in [-0.4, -0.2) is 57.9 Å². The molecule has 32 heavy (non-hydrogen) atoms. The molecule has 10 nitrogen and oxygen atoms in total. The Labute approximate surface area is 183 Å². The van der Waals surface area contributed by atoms with Crippen LogP contribution in [0.25, 0.3) is 22.6 Å². The van der Waals surface area contributed by atoms with Gasteiger partial charge in [-0.15, -0.1) is 0 Å². The third-order valence-corrected chi connectivity index (χ3v) is 5.34. The fraction of sp³-hybridized carbons (Fsp3) is 0.318. The SMILES string of the molecule is Nc1cc(CO)c2oc(-c3ccc(NC(=O)COC4CCN(C(=O)O)CC4)cc3)nc2c1. The smallest absolute Gasteiger partial charge is 0.407 e. The molecule has 1 aliphatic heterocycles. The van der Waals surface area contributed by atoms with E-state index in [1.54, 1.807) is 36.4 Å². The van der Waals surface area contributed by atoms with Crippen molar-refractivity contribution in [3.05, 3.63) is 42.0 Å². The first-order valence-corrected chi connectivity index (χ1v) is 10.2. The molecule has 0 bridgehead atoms. The molecule has 0 radical (unpaired) electrons. The second kappa shape index (κ2) is 9.25. The number of carbonyl (C=O) groups excluding carboxylic acids is 1. The molecule has 2 amide bonds. The number of hydrogen-bond acceptors (Lipinski definition) is 7. The number of nitrogen functional groups attached to an aromatic ring is 1. The lowest BCUT2D eigenvalue weighted by Gasteiger charge is -2.29. The minimum absolute atomic E-state index is 0.101. The summed E-state index contributed by atoms with van der Waals surface area (Å²) in [6.07, 6.45) is 0.0846. The molecule has 0 aliphatic carbocycles. The molecule has 1 aliphatic rings. The quantitative estimate of drug-likeness (QED) is 0.427. The summed E-state index contributed by atoms with van der Waals surface area (Å²) in [5, 5.41) is 21.2. The van der Waals surface area contributed by atoms with E-state index in [2.05, 4.69) is 10.3 Å². The molecule has 168 valence electrons. The second-order valence-corrected chi connectivity index (χ2v) is 7.61. The number of piperidine rings is 1. The maximum atomic E-state index is 12.2. The van der Waals surface area contributed by atoms with Crippen LogP contribution in [0.4, 0.5) is 16.2 Å². The van der Waals surface area contributed by atoms with E-state index >= 15 is 0 Å². The molecule has 10 heteroatoms. The highest BCUT2D eigenvalue weighted by atomic mass is 16.5. The van der Waals surface area contributed by atoms with Gasteiger partial charge in [-0.05, 0) is 49.2 Å². The fourth-order valence-corrected chi connectivity index (χ4v) is 3.67. The molecule has 0 unspecified atom stereocenters. The molecular formula is C22H24N4O6. The Bertz CT molecular complexity index is 1120. The molecule has 0 atom stereocenters. The number of fused-ring (bicyclic) bond motifs is 1. The average molecular weight is 440 g/mol. The highest BCUT2D eigenvalue weighted by Gasteiger charge is 2.23. The number of nitrogens with one attached hydrogen (secondary N) is 1. The van der Waals surface area contributed by atoms with Gasteiger partial charge in [0.25, 0.3) is 0 Å². The van der Waals surface area contributed by atoms with Crippen LogP contribution in [-0.2, 0) is 16.1 Å².